The van der Waals surface area contributed by atoms with Crippen LogP contribution in [0.2, 0.25) is 5.02 Å². The van der Waals surface area contributed by atoms with Crippen LogP contribution in [0.1, 0.15) is 33.1 Å². The lowest BCUT2D eigenvalue weighted by molar-refractivity contribution is -0.117. The molecule has 1 atom stereocenters. The topological polar surface area (TPSA) is 49.4 Å². The van der Waals surface area contributed by atoms with Crippen LogP contribution in [0.4, 0.5) is 10.1 Å². The van der Waals surface area contributed by atoms with Crippen LogP contribution in [-0.4, -0.2) is 23.3 Å². The van der Waals surface area contributed by atoms with Gasteiger partial charge >= 0.3 is 0 Å². The van der Waals surface area contributed by atoms with Crippen molar-refractivity contribution in [1.29, 1.82) is 0 Å². The minimum absolute atomic E-state index is 0.138. The van der Waals surface area contributed by atoms with E-state index in [-0.39, 0.29) is 24.2 Å². The molecule has 1 heterocycles. The standard InChI is InChI=1S/C23H18ClFN2O2/c1-14-3-2-4-16(11-14)23(29)27-13-21(28)26-20-10-7-17(24)12-19(20)22(27)15-5-8-18(25)9-6-15/h2-12,22H,13H2,1H3,(H,26,28)/t22-/m1/s1. The van der Waals surface area contributed by atoms with Crippen LogP contribution >= 0.6 is 11.6 Å². The van der Waals surface area contributed by atoms with Crippen molar-refractivity contribution in [2.45, 2.75) is 13.0 Å². The van der Waals surface area contributed by atoms with Crippen molar-refractivity contribution < 1.29 is 14.0 Å². The SMILES string of the molecule is Cc1cccc(C(=O)N2CC(=O)Nc3ccc(Cl)cc3[C@H]2c2ccc(F)cc2)c1. The average Bonchev–Trinajstić information content (AvgIpc) is 2.84. The Kier molecular flexibility index (Phi) is 5.07. The van der Waals surface area contributed by atoms with E-state index in [9.17, 15) is 14.0 Å². The van der Waals surface area contributed by atoms with E-state index in [4.69, 9.17) is 11.6 Å². The van der Waals surface area contributed by atoms with E-state index in [0.29, 0.717) is 27.4 Å². The predicted octanol–water partition coefficient (Wildman–Crippen LogP) is 4.97. The zero-order valence-electron chi connectivity index (χ0n) is 15.7. The maximum Gasteiger partial charge on any atom is 0.255 e. The fourth-order valence-electron chi connectivity index (χ4n) is 3.61. The molecule has 0 fully saturated rings. The zero-order chi connectivity index (χ0) is 20.5. The summed E-state index contributed by atoms with van der Waals surface area (Å²) in [7, 11) is 0. The Hall–Kier alpha value is -3.18. The summed E-state index contributed by atoms with van der Waals surface area (Å²) in [6.07, 6.45) is 0. The molecule has 0 saturated carbocycles. The number of nitrogens with zero attached hydrogens (tertiary/aromatic N) is 1. The van der Waals surface area contributed by atoms with Crippen LogP contribution in [0.3, 0.4) is 0 Å². The summed E-state index contributed by atoms with van der Waals surface area (Å²) in [5, 5.41) is 3.32. The number of amides is 2. The van der Waals surface area contributed by atoms with Gasteiger partial charge in [0.25, 0.3) is 5.91 Å². The lowest BCUT2D eigenvalue weighted by atomic mass is 9.95. The third-order valence-corrected chi connectivity index (χ3v) is 5.15. The van der Waals surface area contributed by atoms with Crippen molar-refractivity contribution >= 4 is 29.1 Å². The van der Waals surface area contributed by atoms with E-state index < -0.39 is 6.04 Å². The van der Waals surface area contributed by atoms with Gasteiger partial charge in [-0.3, -0.25) is 9.59 Å². The van der Waals surface area contributed by atoms with E-state index >= 15 is 0 Å². The molecule has 146 valence electrons. The molecule has 0 aliphatic carbocycles. The molecule has 0 saturated heterocycles. The van der Waals surface area contributed by atoms with Gasteiger partial charge in [-0.2, -0.15) is 0 Å². The molecule has 29 heavy (non-hydrogen) atoms. The zero-order valence-corrected chi connectivity index (χ0v) is 16.4. The highest BCUT2D eigenvalue weighted by atomic mass is 35.5. The number of rotatable bonds is 2. The molecule has 6 heteroatoms. The second-order valence-corrected chi connectivity index (χ2v) is 7.47. The van der Waals surface area contributed by atoms with E-state index in [1.165, 1.54) is 17.0 Å². The first-order valence-corrected chi connectivity index (χ1v) is 9.52. The molecular formula is C23H18ClFN2O2. The number of hydrogen-bond acceptors (Lipinski definition) is 2. The predicted molar refractivity (Wildman–Crippen MR) is 111 cm³/mol. The molecule has 1 N–H and O–H groups in total. The summed E-state index contributed by atoms with van der Waals surface area (Å²) >= 11 is 6.23. The number of nitrogens with one attached hydrogen (secondary N) is 1. The van der Waals surface area contributed by atoms with Gasteiger partial charge in [-0.05, 0) is 55.0 Å². The highest BCUT2D eigenvalue weighted by molar-refractivity contribution is 6.30. The molecular weight excluding hydrogens is 391 g/mol. The van der Waals surface area contributed by atoms with Gasteiger partial charge in [0.2, 0.25) is 5.91 Å². The van der Waals surface area contributed by atoms with E-state index in [1.54, 1.807) is 48.5 Å². The smallest absolute Gasteiger partial charge is 0.255 e. The van der Waals surface area contributed by atoms with Gasteiger partial charge < -0.3 is 10.2 Å². The third kappa shape index (κ3) is 3.87. The summed E-state index contributed by atoms with van der Waals surface area (Å²) in [4.78, 5) is 27.5. The molecule has 3 aromatic rings. The van der Waals surface area contributed by atoms with Gasteiger partial charge in [0.05, 0.1) is 6.04 Å². The summed E-state index contributed by atoms with van der Waals surface area (Å²) < 4.78 is 13.6. The molecule has 3 aromatic carbocycles. The third-order valence-electron chi connectivity index (χ3n) is 4.92. The molecule has 4 rings (SSSR count). The Morgan fingerprint density at radius 2 is 1.86 bits per heavy atom. The molecule has 4 nitrogen and oxygen atoms in total. The number of fused-ring (bicyclic) bond motifs is 1. The fourth-order valence-corrected chi connectivity index (χ4v) is 3.80. The molecule has 2 amide bonds. The highest BCUT2D eigenvalue weighted by Crippen LogP contribution is 2.38. The minimum atomic E-state index is -0.601. The van der Waals surface area contributed by atoms with Crippen molar-refractivity contribution in [3.63, 3.8) is 0 Å². The molecule has 0 radical (unpaired) electrons. The quantitative estimate of drug-likeness (QED) is 0.650. The Morgan fingerprint density at radius 1 is 1.10 bits per heavy atom. The second-order valence-electron chi connectivity index (χ2n) is 7.04. The first-order valence-electron chi connectivity index (χ1n) is 9.15. The van der Waals surface area contributed by atoms with Crippen LogP contribution in [0.5, 0.6) is 0 Å². The van der Waals surface area contributed by atoms with Crippen molar-refractivity contribution in [3.05, 3.63) is 99.8 Å². The number of hydrogen-bond donors (Lipinski definition) is 1. The average molecular weight is 409 g/mol. The lowest BCUT2D eigenvalue weighted by Crippen LogP contribution is -2.39. The first kappa shape index (κ1) is 19.2. The minimum Gasteiger partial charge on any atom is -0.324 e. The number of halogens is 2. The van der Waals surface area contributed by atoms with Crippen LogP contribution in [-0.2, 0) is 4.79 Å². The van der Waals surface area contributed by atoms with Crippen LogP contribution in [0.25, 0.3) is 0 Å². The monoisotopic (exact) mass is 408 g/mol. The lowest BCUT2D eigenvalue weighted by Gasteiger charge is -2.31. The summed E-state index contributed by atoms with van der Waals surface area (Å²) in [5.41, 5.74) is 3.36. The number of carbonyl (C=O) groups excluding carboxylic acids is 2. The van der Waals surface area contributed by atoms with Crippen molar-refractivity contribution in [3.8, 4) is 0 Å². The van der Waals surface area contributed by atoms with Crippen molar-refractivity contribution in [2.24, 2.45) is 0 Å². The molecule has 0 bridgehead atoms. The number of aryl methyl sites for hydroxylation is 1. The second kappa shape index (κ2) is 7.68. The van der Waals surface area contributed by atoms with Crippen molar-refractivity contribution in [1.82, 2.24) is 4.90 Å². The van der Waals surface area contributed by atoms with Gasteiger partial charge in [0, 0.05) is 21.8 Å². The van der Waals surface area contributed by atoms with E-state index in [1.807, 2.05) is 13.0 Å². The summed E-state index contributed by atoms with van der Waals surface area (Å²) in [5.74, 6) is -0.968. The Morgan fingerprint density at radius 3 is 2.59 bits per heavy atom. The molecule has 0 aromatic heterocycles. The Balaban J connectivity index is 1.90. The maximum absolute atomic E-state index is 13.6. The first-order chi connectivity index (χ1) is 13.9. The Labute approximate surface area is 172 Å². The fraction of sp³-hybridized carbons (Fsp3) is 0.130. The van der Waals surface area contributed by atoms with Crippen LogP contribution < -0.4 is 5.32 Å². The summed E-state index contributed by atoms with van der Waals surface area (Å²) in [6.45, 7) is 1.76. The maximum atomic E-state index is 13.6. The van der Waals surface area contributed by atoms with Crippen LogP contribution in [0.15, 0.2) is 66.7 Å². The van der Waals surface area contributed by atoms with Crippen molar-refractivity contribution in [2.75, 3.05) is 11.9 Å². The van der Waals surface area contributed by atoms with Gasteiger partial charge in [-0.15, -0.1) is 0 Å². The van der Waals surface area contributed by atoms with E-state index in [2.05, 4.69) is 5.32 Å². The number of anilines is 1. The van der Waals surface area contributed by atoms with Gasteiger partial charge in [0.1, 0.15) is 12.4 Å². The molecule has 0 unspecified atom stereocenters. The number of carbonyl (C=O) groups is 2. The molecule has 1 aliphatic rings. The largest absolute Gasteiger partial charge is 0.324 e. The van der Waals surface area contributed by atoms with Gasteiger partial charge in [0.15, 0.2) is 0 Å². The Bertz CT molecular complexity index is 1100. The number of benzene rings is 3. The normalized spacial score (nSPS) is 16.0. The van der Waals surface area contributed by atoms with E-state index in [0.717, 1.165) is 5.56 Å². The van der Waals surface area contributed by atoms with Gasteiger partial charge in [-0.1, -0.05) is 41.4 Å². The summed E-state index contributed by atoms with van der Waals surface area (Å²) in [6, 6.07) is 17.7. The molecule has 0 spiro atoms. The highest BCUT2D eigenvalue weighted by Gasteiger charge is 2.34. The van der Waals surface area contributed by atoms with Gasteiger partial charge in [-0.25, -0.2) is 4.39 Å². The van der Waals surface area contributed by atoms with Crippen LogP contribution in [0, 0.1) is 12.7 Å². The molecule has 1 aliphatic heterocycles.